The van der Waals surface area contributed by atoms with Gasteiger partial charge in [-0.3, -0.25) is 9.59 Å². The number of hydrogen-bond acceptors (Lipinski definition) is 3. The molecule has 0 aliphatic carbocycles. The highest BCUT2D eigenvalue weighted by Crippen LogP contribution is 2.27. The Labute approximate surface area is 163 Å². The minimum atomic E-state index is -0.355. The van der Waals surface area contributed by atoms with Gasteiger partial charge in [0.2, 0.25) is 5.91 Å². The number of anilines is 1. The summed E-state index contributed by atoms with van der Waals surface area (Å²) in [5.41, 5.74) is 2.03. The number of carbonyl (C=O) groups excluding carboxylic acids is 2. The lowest BCUT2D eigenvalue weighted by molar-refractivity contribution is -0.116. The first-order valence-electron chi connectivity index (χ1n) is 7.96. The summed E-state index contributed by atoms with van der Waals surface area (Å²) >= 11 is 9.32. The lowest BCUT2D eigenvalue weighted by Crippen LogP contribution is -2.27. The van der Waals surface area contributed by atoms with Crippen LogP contribution in [0, 0.1) is 6.92 Å². The molecule has 134 valence electrons. The van der Waals surface area contributed by atoms with Crippen molar-refractivity contribution >= 4 is 56.0 Å². The van der Waals surface area contributed by atoms with Crippen LogP contribution >= 0.6 is 27.5 Å². The zero-order valence-corrected chi connectivity index (χ0v) is 16.3. The molecule has 0 bridgehead atoms. The smallest absolute Gasteiger partial charge is 0.287 e. The SMILES string of the molecule is Cc1c(C(=O)NCCC(=O)Nc2ccc(Br)cc2)oc2ccc(Cl)cc12. The molecule has 0 fully saturated rings. The summed E-state index contributed by atoms with van der Waals surface area (Å²) in [5.74, 6) is -0.303. The van der Waals surface area contributed by atoms with E-state index in [4.69, 9.17) is 16.0 Å². The quantitative estimate of drug-likeness (QED) is 0.598. The molecule has 0 saturated carbocycles. The fourth-order valence-corrected chi connectivity index (χ4v) is 2.97. The first-order valence-corrected chi connectivity index (χ1v) is 9.13. The Bertz CT molecular complexity index is 967. The van der Waals surface area contributed by atoms with Gasteiger partial charge >= 0.3 is 0 Å². The predicted molar refractivity (Wildman–Crippen MR) is 106 cm³/mol. The van der Waals surface area contributed by atoms with Crippen LogP contribution in [0.3, 0.4) is 0 Å². The van der Waals surface area contributed by atoms with Crippen LogP contribution in [0.4, 0.5) is 5.69 Å². The zero-order valence-electron chi connectivity index (χ0n) is 13.9. The second kappa shape index (κ2) is 7.93. The van der Waals surface area contributed by atoms with Gasteiger partial charge in [-0.15, -0.1) is 0 Å². The van der Waals surface area contributed by atoms with E-state index < -0.39 is 0 Å². The van der Waals surface area contributed by atoms with Crippen LogP contribution in [0.1, 0.15) is 22.5 Å². The van der Waals surface area contributed by atoms with Gasteiger partial charge in [0.25, 0.3) is 5.91 Å². The average Bonchev–Trinajstić information content (AvgIpc) is 2.93. The van der Waals surface area contributed by atoms with Crippen molar-refractivity contribution in [3.63, 3.8) is 0 Å². The van der Waals surface area contributed by atoms with Gasteiger partial charge in [0.15, 0.2) is 5.76 Å². The van der Waals surface area contributed by atoms with Crippen molar-refractivity contribution in [3.05, 3.63) is 63.3 Å². The third-order valence-corrected chi connectivity index (χ3v) is 4.63. The van der Waals surface area contributed by atoms with Crippen molar-refractivity contribution in [2.45, 2.75) is 13.3 Å². The van der Waals surface area contributed by atoms with Crippen molar-refractivity contribution in [3.8, 4) is 0 Å². The molecule has 0 radical (unpaired) electrons. The maximum atomic E-state index is 12.3. The Morgan fingerprint density at radius 1 is 1.15 bits per heavy atom. The standard InChI is InChI=1S/C19H16BrClN2O3/c1-11-15-10-13(21)4-7-16(15)26-18(11)19(25)22-9-8-17(24)23-14-5-2-12(20)3-6-14/h2-7,10H,8-9H2,1H3,(H,22,25)(H,23,24). The molecule has 7 heteroatoms. The van der Waals surface area contributed by atoms with Gasteiger partial charge in [0.1, 0.15) is 5.58 Å². The number of amides is 2. The van der Waals surface area contributed by atoms with E-state index in [1.165, 1.54) is 0 Å². The van der Waals surface area contributed by atoms with Crippen LogP contribution in [-0.2, 0) is 4.79 Å². The number of furan rings is 1. The molecule has 0 unspecified atom stereocenters. The second-order valence-electron chi connectivity index (χ2n) is 5.76. The number of aryl methyl sites for hydroxylation is 1. The highest BCUT2D eigenvalue weighted by molar-refractivity contribution is 9.10. The van der Waals surface area contributed by atoms with E-state index in [1.807, 2.05) is 12.1 Å². The number of fused-ring (bicyclic) bond motifs is 1. The summed E-state index contributed by atoms with van der Waals surface area (Å²) in [7, 11) is 0. The molecular weight excluding hydrogens is 420 g/mol. The summed E-state index contributed by atoms with van der Waals surface area (Å²) < 4.78 is 6.54. The largest absolute Gasteiger partial charge is 0.451 e. The third kappa shape index (κ3) is 4.26. The van der Waals surface area contributed by atoms with Gasteiger partial charge < -0.3 is 15.1 Å². The Hall–Kier alpha value is -2.31. The lowest BCUT2D eigenvalue weighted by Gasteiger charge is -2.06. The third-order valence-electron chi connectivity index (χ3n) is 3.87. The topological polar surface area (TPSA) is 71.3 Å². The minimum Gasteiger partial charge on any atom is -0.451 e. The van der Waals surface area contributed by atoms with E-state index in [2.05, 4.69) is 26.6 Å². The van der Waals surface area contributed by atoms with E-state index in [0.29, 0.717) is 16.3 Å². The molecule has 0 saturated heterocycles. The maximum absolute atomic E-state index is 12.3. The fourth-order valence-electron chi connectivity index (χ4n) is 2.54. The number of rotatable bonds is 5. The van der Waals surface area contributed by atoms with Gasteiger partial charge in [-0.25, -0.2) is 0 Å². The summed E-state index contributed by atoms with van der Waals surface area (Å²) in [6.07, 6.45) is 0.160. The van der Waals surface area contributed by atoms with E-state index in [9.17, 15) is 9.59 Å². The second-order valence-corrected chi connectivity index (χ2v) is 7.11. The first-order chi connectivity index (χ1) is 12.4. The summed E-state index contributed by atoms with van der Waals surface area (Å²) in [4.78, 5) is 24.3. The average molecular weight is 436 g/mol. The monoisotopic (exact) mass is 434 g/mol. The Balaban J connectivity index is 1.56. The van der Waals surface area contributed by atoms with E-state index in [1.54, 1.807) is 37.3 Å². The number of carbonyl (C=O) groups is 2. The van der Waals surface area contributed by atoms with Crippen LogP contribution in [0.15, 0.2) is 51.4 Å². The molecule has 2 aromatic carbocycles. The van der Waals surface area contributed by atoms with Crippen LogP contribution in [0.2, 0.25) is 5.02 Å². The van der Waals surface area contributed by atoms with Crippen LogP contribution < -0.4 is 10.6 Å². The minimum absolute atomic E-state index is 0.160. The number of hydrogen-bond donors (Lipinski definition) is 2. The van der Waals surface area contributed by atoms with Crippen molar-refractivity contribution < 1.29 is 14.0 Å². The van der Waals surface area contributed by atoms with Crippen LogP contribution in [0.5, 0.6) is 0 Å². The normalized spacial score (nSPS) is 10.7. The Morgan fingerprint density at radius 2 is 1.88 bits per heavy atom. The molecule has 0 aliphatic heterocycles. The summed E-state index contributed by atoms with van der Waals surface area (Å²) in [5, 5.41) is 6.86. The van der Waals surface area contributed by atoms with Gasteiger partial charge in [-0.2, -0.15) is 0 Å². The van der Waals surface area contributed by atoms with Gasteiger partial charge in [0.05, 0.1) is 0 Å². The predicted octanol–water partition coefficient (Wildman–Crippen LogP) is 4.92. The van der Waals surface area contributed by atoms with Gasteiger partial charge in [0, 0.05) is 39.1 Å². The lowest BCUT2D eigenvalue weighted by atomic mass is 10.1. The molecule has 0 spiro atoms. The molecule has 2 N–H and O–H groups in total. The van der Waals surface area contributed by atoms with E-state index >= 15 is 0 Å². The van der Waals surface area contributed by atoms with Gasteiger partial charge in [-0.1, -0.05) is 27.5 Å². The van der Waals surface area contributed by atoms with Crippen LogP contribution in [0.25, 0.3) is 11.0 Å². The molecule has 0 aliphatic rings. The van der Waals surface area contributed by atoms with Crippen LogP contribution in [-0.4, -0.2) is 18.4 Å². The molecule has 26 heavy (non-hydrogen) atoms. The maximum Gasteiger partial charge on any atom is 0.287 e. The number of halogens is 2. The van der Waals surface area contributed by atoms with Crippen molar-refractivity contribution in [1.29, 1.82) is 0 Å². The van der Waals surface area contributed by atoms with Crippen molar-refractivity contribution in [2.75, 3.05) is 11.9 Å². The Morgan fingerprint density at radius 3 is 2.62 bits per heavy atom. The van der Waals surface area contributed by atoms with E-state index in [0.717, 1.165) is 15.4 Å². The number of benzene rings is 2. The number of nitrogens with one attached hydrogen (secondary N) is 2. The molecule has 3 rings (SSSR count). The molecule has 1 aromatic heterocycles. The molecular formula is C19H16BrClN2O3. The summed E-state index contributed by atoms with van der Waals surface area (Å²) in [6.45, 7) is 2.01. The highest BCUT2D eigenvalue weighted by atomic mass is 79.9. The van der Waals surface area contributed by atoms with Crippen molar-refractivity contribution in [1.82, 2.24) is 5.32 Å². The molecule has 2 amide bonds. The van der Waals surface area contributed by atoms with E-state index in [-0.39, 0.29) is 30.5 Å². The van der Waals surface area contributed by atoms with Gasteiger partial charge in [-0.05, 0) is 49.4 Å². The fraction of sp³-hybridized carbons (Fsp3) is 0.158. The molecule has 5 nitrogen and oxygen atoms in total. The Kier molecular flexibility index (Phi) is 5.64. The zero-order chi connectivity index (χ0) is 18.7. The first kappa shape index (κ1) is 18.5. The molecule has 3 aromatic rings. The highest BCUT2D eigenvalue weighted by Gasteiger charge is 2.17. The van der Waals surface area contributed by atoms with Crippen molar-refractivity contribution in [2.24, 2.45) is 0 Å². The molecule has 1 heterocycles. The molecule has 0 atom stereocenters. The summed E-state index contributed by atoms with van der Waals surface area (Å²) in [6, 6.07) is 12.5.